The number of hydrogen-bond donors (Lipinski definition) is 0. The largest absolute Gasteiger partial charge is 0.192 e. The number of rotatable bonds is 0. The lowest BCUT2D eigenvalue weighted by Gasteiger charge is -1.85. The van der Waals surface area contributed by atoms with Crippen molar-refractivity contribution in [1.29, 1.82) is 5.26 Å². The summed E-state index contributed by atoms with van der Waals surface area (Å²) in [5, 5.41) is 8.34. The van der Waals surface area contributed by atoms with E-state index in [-0.39, 0.29) is 0 Å². The average molecular weight is 181 g/mol. The number of nitrogens with zero attached hydrogens (tertiary/aromatic N) is 1. The van der Waals surface area contributed by atoms with Gasteiger partial charge in [-0.25, -0.2) is 0 Å². The van der Waals surface area contributed by atoms with Crippen molar-refractivity contribution in [3.63, 3.8) is 0 Å². The molecule has 0 spiro atoms. The van der Waals surface area contributed by atoms with Crippen LogP contribution < -0.4 is 0 Å². The predicted molar refractivity (Wildman–Crippen MR) is 37.7 cm³/mol. The summed E-state index contributed by atoms with van der Waals surface area (Å²) in [5.41, 5.74) is 0.637. The van der Waals surface area contributed by atoms with Crippen molar-refractivity contribution in [2.75, 3.05) is 0 Å². The first-order chi connectivity index (χ1) is 4.33. The lowest BCUT2D eigenvalue weighted by molar-refractivity contribution is 1.47. The van der Waals surface area contributed by atoms with Crippen molar-refractivity contribution >= 4 is 15.9 Å². The zero-order valence-corrected chi connectivity index (χ0v) is 6.14. The third kappa shape index (κ3) is 1.55. The minimum Gasteiger partial charge on any atom is -0.192 e. The topological polar surface area (TPSA) is 23.8 Å². The molecule has 0 amide bonds. The van der Waals surface area contributed by atoms with Crippen molar-refractivity contribution in [1.82, 2.24) is 0 Å². The molecule has 0 N–H and O–H groups in total. The Bertz CT molecular complexity index is 232. The molecule has 0 aliphatic rings. The second-order valence-corrected chi connectivity index (χ2v) is 2.39. The third-order valence-electron chi connectivity index (χ3n) is 0.904. The fourth-order valence-electron chi connectivity index (χ4n) is 0.475. The molecular formula is C7H3BrN. The van der Waals surface area contributed by atoms with E-state index in [4.69, 9.17) is 5.26 Å². The van der Waals surface area contributed by atoms with Gasteiger partial charge in [-0.15, -0.1) is 0 Å². The Morgan fingerprint density at radius 1 is 1.56 bits per heavy atom. The number of benzene rings is 1. The van der Waals surface area contributed by atoms with Gasteiger partial charge in [0.2, 0.25) is 0 Å². The van der Waals surface area contributed by atoms with Gasteiger partial charge in [-0.1, -0.05) is 15.9 Å². The van der Waals surface area contributed by atoms with Crippen LogP contribution >= 0.6 is 15.9 Å². The molecule has 0 aliphatic heterocycles. The van der Waals surface area contributed by atoms with Gasteiger partial charge in [0.05, 0.1) is 11.6 Å². The first-order valence-corrected chi connectivity index (χ1v) is 3.19. The summed E-state index contributed by atoms with van der Waals surface area (Å²) in [6.45, 7) is 0. The zero-order valence-electron chi connectivity index (χ0n) is 4.56. The minimum atomic E-state index is 0.637. The first-order valence-electron chi connectivity index (χ1n) is 2.40. The SMILES string of the molecule is N#Cc1c[c]c(Br)cc1. The predicted octanol–water partition coefficient (Wildman–Crippen LogP) is 2.12. The molecule has 1 rings (SSSR count). The molecule has 0 atom stereocenters. The van der Waals surface area contributed by atoms with Gasteiger partial charge in [0, 0.05) is 4.47 Å². The van der Waals surface area contributed by atoms with Gasteiger partial charge in [0.25, 0.3) is 0 Å². The van der Waals surface area contributed by atoms with E-state index in [1.54, 1.807) is 18.2 Å². The first kappa shape index (κ1) is 6.31. The summed E-state index contributed by atoms with van der Waals surface area (Å²) in [5.74, 6) is 0. The van der Waals surface area contributed by atoms with Crippen LogP contribution in [0.5, 0.6) is 0 Å². The lowest BCUT2D eigenvalue weighted by atomic mass is 10.2. The molecule has 1 radical (unpaired) electrons. The van der Waals surface area contributed by atoms with Crippen LogP contribution in [-0.4, -0.2) is 0 Å². The van der Waals surface area contributed by atoms with E-state index in [2.05, 4.69) is 22.0 Å². The molecule has 0 fully saturated rings. The molecule has 0 aliphatic carbocycles. The van der Waals surface area contributed by atoms with Crippen LogP contribution in [0.25, 0.3) is 0 Å². The van der Waals surface area contributed by atoms with Gasteiger partial charge in [0.15, 0.2) is 0 Å². The van der Waals surface area contributed by atoms with Crippen molar-refractivity contribution < 1.29 is 0 Å². The fraction of sp³-hybridized carbons (Fsp3) is 0. The van der Waals surface area contributed by atoms with Crippen molar-refractivity contribution in [2.45, 2.75) is 0 Å². The molecule has 43 valence electrons. The van der Waals surface area contributed by atoms with E-state index in [0.717, 1.165) is 4.47 Å². The number of nitriles is 1. The summed E-state index contributed by atoms with van der Waals surface area (Å²) in [4.78, 5) is 0. The molecule has 0 bridgehead atoms. The summed E-state index contributed by atoms with van der Waals surface area (Å²) < 4.78 is 0.876. The van der Waals surface area contributed by atoms with Gasteiger partial charge in [-0.3, -0.25) is 0 Å². The molecule has 0 saturated heterocycles. The van der Waals surface area contributed by atoms with Crippen molar-refractivity contribution in [3.05, 3.63) is 34.3 Å². The fourth-order valence-corrected chi connectivity index (χ4v) is 0.722. The van der Waals surface area contributed by atoms with Crippen LogP contribution in [0.2, 0.25) is 0 Å². The molecule has 9 heavy (non-hydrogen) atoms. The van der Waals surface area contributed by atoms with Crippen LogP contribution in [0.4, 0.5) is 0 Å². The maximum atomic E-state index is 8.34. The second-order valence-electron chi connectivity index (χ2n) is 1.54. The van der Waals surface area contributed by atoms with E-state index in [9.17, 15) is 0 Å². The molecule has 0 saturated carbocycles. The van der Waals surface area contributed by atoms with Gasteiger partial charge in [0.1, 0.15) is 0 Å². The lowest BCUT2D eigenvalue weighted by Crippen LogP contribution is -1.70. The average Bonchev–Trinajstić information content (AvgIpc) is 1.90. The molecule has 1 aromatic carbocycles. The summed E-state index contributed by atoms with van der Waals surface area (Å²) in [6.07, 6.45) is 0. The summed E-state index contributed by atoms with van der Waals surface area (Å²) in [6, 6.07) is 10.0. The van der Waals surface area contributed by atoms with Crippen LogP contribution in [0.1, 0.15) is 5.56 Å². The summed E-state index contributed by atoms with van der Waals surface area (Å²) in [7, 11) is 0. The third-order valence-corrected chi connectivity index (χ3v) is 1.40. The van der Waals surface area contributed by atoms with Crippen LogP contribution in [-0.2, 0) is 0 Å². The van der Waals surface area contributed by atoms with Crippen LogP contribution in [0.3, 0.4) is 0 Å². The smallest absolute Gasteiger partial charge is 0.0991 e. The molecule has 0 heterocycles. The Morgan fingerprint density at radius 3 is 2.78 bits per heavy atom. The Labute approximate surface area is 62.1 Å². The van der Waals surface area contributed by atoms with Gasteiger partial charge >= 0.3 is 0 Å². The highest BCUT2D eigenvalue weighted by molar-refractivity contribution is 9.10. The number of hydrogen-bond acceptors (Lipinski definition) is 1. The highest BCUT2D eigenvalue weighted by atomic mass is 79.9. The normalized spacial score (nSPS) is 8.44. The van der Waals surface area contributed by atoms with E-state index in [1.165, 1.54) is 0 Å². The minimum absolute atomic E-state index is 0.637. The Balaban J connectivity index is 3.06. The molecule has 1 aromatic rings. The van der Waals surface area contributed by atoms with Gasteiger partial charge in [-0.2, -0.15) is 5.26 Å². The molecule has 2 heteroatoms. The maximum Gasteiger partial charge on any atom is 0.0991 e. The Morgan fingerprint density at radius 2 is 2.33 bits per heavy atom. The molecule has 1 nitrogen and oxygen atoms in total. The van der Waals surface area contributed by atoms with Gasteiger partial charge in [-0.05, 0) is 24.3 Å². The quantitative estimate of drug-likeness (QED) is 0.601. The van der Waals surface area contributed by atoms with E-state index in [1.807, 2.05) is 6.07 Å². The van der Waals surface area contributed by atoms with E-state index < -0.39 is 0 Å². The Hall–Kier alpha value is -0.810. The highest BCUT2D eigenvalue weighted by Gasteiger charge is 1.86. The van der Waals surface area contributed by atoms with Crippen LogP contribution in [0, 0.1) is 17.4 Å². The molecule has 0 unspecified atom stereocenters. The van der Waals surface area contributed by atoms with Crippen molar-refractivity contribution in [2.24, 2.45) is 0 Å². The second kappa shape index (κ2) is 2.65. The van der Waals surface area contributed by atoms with Crippen molar-refractivity contribution in [3.8, 4) is 6.07 Å². The molecule has 0 aromatic heterocycles. The van der Waals surface area contributed by atoms with Gasteiger partial charge < -0.3 is 0 Å². The Kier molecular flexibility index (Phi) is 1.86. The van der Waals surface area contributed by atoms with Crippen LogP contribution in [0.15, 0.2) is 22.7 Å². The monoisotopic (exact) mass is 180 g/mol. The highest BCUT2D eigenvalue weighted by Crippen LogP contribution is 2.08. The summed E-state index contributed by atoms with van der Waals surface area (Å²) >= 11 is 3.21. The standard InChI is InChI=1S/C7H3BrN/c8-7-3-1-6(5-9)2-4-7/h1-3H. The maximum absolute atomic E-state index is 8.34. The number of halogens is 1. The zero-order chi connectivity index (χ0) is 6.69. The molecular weight excluding hydrogens is 178 g/mol. The van der Waals surface area contributed by atoms with E-state index >= 15 is 0 Å². The van der Waals surface area contributed by atoms with E-state index in [0.29, 0.717) is 5.56 Å².